The summed E-state index contributed by atoms with van der Waals surface area (Å²) in [4.78, 5) is 35.9. The second kappa shape index (κ2) is 9.37. The van der Waals surface area contributed by atoms with Gasteiger partial charge in [-0.05, 0) is 67.0 Å². The van der Waals surface area contributed by atoms with Gasteiger partial charge in [-0.1, -0.05) is 24.3 Å². The fourth-order valence-electron chi connectivity index (χ4n) is 3.45. The van der Waals surface area contributed by atoms with Gasteiger partial charge in [-0.3, -0.25) is 9.59 Å². The highest BCUT2D eigenvalue weighted by atomic mass is 16.5. The van der Waals surface area contributed by atoms with Gasteiger partial charge in [0.15, 0.2) is 6.61 Å². The van der Waals surface area contributed by atoms with Crippen molar-refractivity contribution in [2.75, 3.05) is 19.0 Å². The molecule has 0 aliphatic heterocycles. The Kier molecular flexibility index (Phi) is 6.65. The molecule has 0 unspecified atom stereocenters. The molecule has 0 bridgehead atoms. The van der Waals surface area contributed by atoms with E-state index >= 15 is 0 Å². The molecular weight excluding hydrogens is 370 g/mol. The molecule has 6 nitrogen and oxygen atoms in total. The summed E-state index contributed by atoms with van der Waals surface area (Å²) in [6.45, 7) is 1.42. The van der Waals surface area contributed by atoms with E-state index in [1.54, 1.807) is 19.1 Å². The number of amides is 1. The first-order valence-electron chi connectivity index (χ1n) is 9.71. The molecule has 2 aromatic carbocycles. The molecule has 152 valence electrons. The molecule has 0 spiro atoms. The maximum Gasteiger partial charge on any atom is 0.337 e. The normalized spacial score (nSPS) is 12.6. The summed E-state index contributed by atoms with van der Waals surface area (Å²) >= 11 is 0. The first kappa shape index (κ1) is 20.6. The topological polar surface area (TPSA) is 81.7 Å². The Hall–Kier alpha value is -3.15. The van der Waals surface area contributed by atoms with Gasteiger partial charge in [-0.2, -0.15) is 0 Å². The number of rotatable bonds is 6. The van der Waals surface area contributed by atoms with Crippen LogP contribution in [0.15, 0.2) is 36.4 Å². The van der Waals surface area contributed by atoms with Crippen molar-refractivity contribution >= 4 is 23.5 Å². The number of aryl methyl sites for hydroxylation is 3. The summed E-state index contributed by atoms with van der Waals surface area (Å²) in [6, 6.07) is 11.0. The lowest BCUT2D eigenvalue weighted by molar-refractivity contribution is -0.146. The van der Waals surface area contributed by atoms with Crippen LogP contribution in [0.2, 0.25) is 0 Å². The molecule has 6 heteroatoms. The third-order valence-corrected chi connectivity index (χ3v) is 5.06. The van der Waals surface area contributed by atoms with E-state index in [1.165, 1.54) is 37.1 Å². The third kappa shape index (κ3) is 5.44. The molecule has 0 atom stereocenters. The van der Waals surface area contributed by atoms with E-state index < -0.39 is 17.8 Å². The molecule has 0 saturated carbocycles. The number of nitrogens with one attached hydrogen (secondary N) is 1. The molecule has 0 fully saturated rings. The average Bonchev–Trinajstić information content (AvgIpc) is 2.73. The number of anilines is 1. The number of hydrogen-bond donors (Lipinski definition) is 1. The maximum absolute atomic E-state index is 12.2. The number of carbonyl (C=O) groups is 3. The van der Waals surface area contributed by atoms with Crippen molar-refractivity contribution in [3.63, 3.8) is 0 Å². The number of hydrogen-bond acceptors (Lipinski definition) is 5. The molecule has 3 rings (SSSR count). The summed E-state index contributed by atoms with van der Waals surface area (Å²) in [5.74, 6) is -1.40. The lowest BCUT2D eigenvalue weighted by Gasteiger charge is -2.16. The molecule has 29 heavy (non-hydrogen) atoms. The number of fused-ring (bicyclic) bond motifs is 1. The Morgan fingerprint density at radius 1 is 1.00 bits per heavy atom. The third-order valence-electron chi connectivity index (χ3n) is 5.06. The smallest absolute Gasteiger partial charge is 0.337 e. The first-order chi connectivity index (χ1) is 14.0. The highest BCUT2D eigenvalue weighted by molar-refractivity contribution is 5.96. The van der Waals surface area contributed by atoms with Crippen molar-refractivity contribution in [3.05, 3.63) is 64.2 Å². The van der Waals surface area contributed by atoms with Crippen molar-refractivity contribution in [2.45, 2.75) is 39.0 Å². The average molecular weight is 395 g/mol. The van der Waals surface area contributed by atoms with Crippen LogP contribution in [0.3, 0.4) is 0 Å². The molecule has 1 aliphatic carbocycles. The largest absolute Gasteiger partial charge is 0.465 e. The van der Waals surface area contributed by atoms with Gasteiger partial charge in [0.1, 0.15) is 0 Å². The summed E-state index contributed by atoms with van der Waals surface area (Å²) in [6.07, 6.45) is 4.67. The van der Waals surface area contributed by atoms with Crippen molar-refractivity contribution in [1.82, 2.24) is 0 Å². The predicted molar refractivity (Wildman–Crippen MR) is 109 cm³/mol. The van der Waals surface area contributed by atoms with Crippen molar-refractivity contribution in [1.29, 1.82) is 0 Å². The lowest BCUT2D eigenvalue weighted by Crippen LogP contribution is -2.22. The van der Waals surface area contributed by atoms with E-state index in [4.69, 9.17) is 4.74 Å². The Bertz CT molecular complexity index is 935. The molecule has 1 N–H and O–H groups in total. The van der Waals surface area contributed by atoms with Gasteiger partial charge >= 0.3 is 11.9 Å². The van der Waals surface area contributed by atoms with E-state index in [0.717, 1.165) is 24.0 Å². The Morgan fingerprint density at radius 2 is 1.76 bits per heavy atom. The van der Waals surface area contributed by atoms with Crippen molar-refractivity contribution in [3.8, 4) is 0 Å². The number of methoxy groups -OCH3 is 1. The monoisotopic (exact) mass is 395 g/mol. The van der Waals surface area contributed by atoms with Crippen molar-refractivity contribution < 1.29 is 23.9 Å². The maximum atomic E-state index is 12.2. The van der Waals surface area contributed by atoms with Gasteiger partial charge in [-0.25, -0.2) is 4.79 Å². The Labute approximate surface area is 170 Å². The summed E-state index contributed by atoms with van der Waals surface area (Å²) in [7, 11) is 1.29. The fourth-order valence-corrected chi connectivity index (χ4v) is 3.45. The van der Waals surface area contributed by atoms with Gasteiger partial charge in [0, 0.05) is 5.69 Å². The van der Waals surface area contributed by atoms with Crippen LogP contribution in [0.5, 0.6) is 0 Å². The van der Waals surface area contributed by atoms with Gasteiger partial charge in [0.25, 0.3) is 5.91 Å². The zero-order chi connectivity index (χ0) is 20.8. The van der Waals surface area contributed by atoms with E-state index in [0.29, 0.717) is 11.3 Å². The van der Waals surface area contributed by atoms with Crippen LogP contribution >= 0.6 is 0 Å². The van der Waals surface area contributed by atoms with E-state index in [2.05, 4.69) is 22.2 Å². The van der Waals surface area contributed by atoms with E-state index in [1.807, 2.05) is 6.07 Å². The van der Waals surface area contributed by atoms with Crippen LogP contribution in [0.25, 0.3) is 0 Å². The number of ether oxygens (including phenoxy) is 2. The molecule has 0 saturated heterocycles. The highest BCUT2D eigenvalue weighted by Gasteiger charge is 2.14. The Balaban J connectivity index is 1.53. The molecular formula is C23H25NO5. The van der Waals surface area contributed by atoms with Gasteiger partial charge in [0.05, 0.1) is 19.1 Å². The van der Waals surface area contributed by atoms with Crippen LogP contribution in [0, 0.1) is 6.92 Å². The fraction of sp³-hybridized carbons (Fsp3) is 0.348. The van der Waals surface area contributed by atoms with E-state index in [-0.39, 0.29) is 13.0 Å². The van der Waals surface area contributed by atoms with Crippen LogP contribution in [0.4, 0.5) is 5.69 Å². The van der Waals surface area contributed by atoms with Gasteiger partial charge < -0.3 is 14.8 Å². The van der Waals surface area contributed by atoms with Crippen LogP contribution in [-0.2, 0) is 38.3 Å². The van der Waals surface area contributed by atoms with Gasteiger partial charge in [0.2, 0.25) is 0 Å². The molecule has 1 amide bonds. The summed E-state index contributed by atoms with van der Waals surface area (Å²) in [5.41, 5.74) is 5.16. The molecule has 0 radical (unpaired) electrons. The lowest BCUT2D eigenvalue weighted by atomic mass is 9.90. The predicted octanol–water partition coefficient (Wildman–Crippen LogP) is 3.38. The van der Waals surface area contributed by atoms with Crippen LogP contribution in [-0.4, -0.2) is 31.6 Å². The first-order valence-corrected chi connectivity index (χ1v) is 9.71. The minimum absolute atomic E-state index is 0.136. The van der Waals surface area contributed by atoms with Crippen molar-refractivity contribution in [2.24, 2.45) is 0 Å². The minimum Gasteiger partial charge on any atom is -0.465 e. The number of carbonyl (C=O) groups excluding carboxylic acids is 3. The Morgan fingerprint density at radius 3 is 2.52 bits per heavy atom. The second-order valence-corrected chi connectivity index (χ2v) is 7.22. The molecule has 0 heterocycles. The zero-order valence-corrected chi connectivity index (χ0v) is 16.7. The standard InChI is InChI=1S/C23H25NO5/c1-15-7-9-19(23(27)28-2)13-20(15)24-21(25)14-29-22(26)12-16-8-10-17-5-3-4-6-18(17)11-16/h7-11,13H,3-6,12,14H2,1-2H3,(H,24,25). The zero-order valence-electron chi connectivity index (χ0n) is 16.7. The summed E-state index contributed by atoms with van der Waals surface area (Å²) < 4.78 is 9.81. The highest BCUT2D eigenvalue weighted by Crippen LogP contribution is 2.22. The number of esters is 2. The van der Waals surface area contributed by atoms with Crippen LogP contribution in [0.1, 0.15) is 45.5 Å². The quantitative estimate of drug-likeness (QED) is 0.759. The minimum atomic E-state index is -0.489. The summed E-state index contributed by atoms with van der Waals surface area (Å²) in [5, 5.41) is 2.67. The van der Waals surface area contributed by atoms with Gasteiger partial charge in [-0.15, -0.1) is 0 Å². The molecule has 1 aliphatic rings. The second-order valence-electron chi connectivity index (χ2n) is 7.22. The van der Waals surface area contributed by atoms with Crippen LogP contribution < -0.4 is 5.32 Å². The number of benzene rings is 2. The van der Waals surface area contributed by atoms with E-state index in [9.17, 15) is 14.4 Å². The SMILES string of the molecule is COC(=O)c1ccc(C)c(NC(=O)COC(=O)Cc2ccc3c(c2)CCCC3)c1. The molecule has 0 aromatic heterocycles. The molecule has 2 aromatic rings.